The molecule has 0 bridgehead atoms. The molecule has 0 unspecified atom stereocenters. The molecule has 0 amide bonds. The van der Waals surface area contributed by atoms with E-state index in [1.165, 1.54) is 18.4 Å². The van der Waals surface area contributed by atoms with Crippen LogP contribution in [0.3, 0.4) is 0 Å². The summed E-state index contributed by atoms with van der Waals surface area (Å²) in [5, 5.41) is 3.95. The van der Waals surface area contributed by atoms with Gasteiger partial charge in [-0.2, -0.15) is 18.3 Å². The first-order chi connectivity index (χ1) is 8.59. The quantitative estimate of drug-likeness (QED) is 0.757. The maximum atomic E-state index is 12.7. The fraction of sp³-hybridized carbons (Fsp3) is 0.462. The topological polar surface area (TPSA) is 17.8 Å². The molecule has 0 saturated carbocycles. The fourth-order valence-electron chi connectivity index (χ4n) is 1.73. The number of nitrogens with zero attached hydrogens (tertiary/aromatic N) is 2. The van der Waals surface area contributed by atoms with Crippen molar-refractivity contribution in [2.45, 2.75) is 32.4 Å². The normalized spacial score (nSPS) is 13.0. The predicted octanol–water partition coefficient (Wildman–Crippen LogP) is 4.46. The molecule has 0 saturated heterocycles. The Labute approximate surface area is 113 Å². The number of halogens is 3. The van der Waals surface area contributed by atoms with Crippen molar-refractivity contribution in [3.8, 4) is 10.6 Å². The largest absolute Gasteiger partial charge is 0.433 e. The zero-order valence-electron chi connectivity index (χ0n) is 11.2. The second-order valence-electron chi connectivity index (χ2n) is 5.45. The standard InChI is InChI=1S/C13H15F3N2S/c1-12(2,3)11-6-5-9(19-11)8-7-10(13(14,15)16)18(4)17-8/h5-7H,1-4H3. The van der Waals surface area contributed by atoms with Gasteiger partial charge in [-0.1, -0.05) is 20.8 Å². The van der Waals surface area contributed by atoms with Crippen molar-refractivity contribution in [3.63, 3.8) is 0 Å². The molecule has 2 aromatic rings. The van der Waals surface area contributed by atoms with Gasteiger partial charge in [0.2, 0.25) is 0 Å². The van der Waals surface area contributed by atoms with Gasteiger partial charge in [0.1, 0.15) is 11.4 Å². The van der Waals surface area contributed by atoms with Gasteiger partial charge in [0, 0.05) is 11.9 Å². The average Bonchev–Trinajstić information content (AvgIpc) is 2.79. The van der Waals surface area contributed by atoms with E-state index in [0.717, 1.165) is 20.5 Å². The van der Waals surface area contributed by atoms with Gasteiger partial charge < -0.3 is 0 Å². The first-order valence-corrected chi connectivity index (χ1v) is 6.62. The molecule has 2 nitrogen and oxygen atoms in total. The maximum absolute atomic E-state index is 12.7. The molecule has 0 N–H and O–H groups in total. The Hall–Kier alpha value is -1.30. The van der Waals surface area contributed by atoms with Crippen LogP contribution in [0.15, 0.2) is 18.2 Å². The van der Waals surface area contributed by atoms with E-state index in [0.29, 0.717) is 5.69 Å². The van der Waals surface area contributed by atoms with Crippen LogP contribution >= 0.6 is 11.3 Å². The molecule has 0 atom stereocenters. The van der Waals surface area contributed by atoms with E-state index < -0.39 is 11.9 Å². The molecule has 0 aliphatic carbocycles. The van der Waals surface area contributed by atoms with Crippen LogP contribution in [0, 0.1) is 0 Å². The van der Waals surface area contributed by atoms with Gasteiger partial charge in [0.05, 0.1) is 4.88 Å². The molecule has 0 aliphatic heterocycles. The highest BCUT2D eigenvalue weighted by molar-refractivity contribution is 7.15. The zero-order valence-corrected chi connectivity index (χ0v) is 12.0. The fourth-order valence-corrected chi connectivity index (χ4v) is 2.75. The number of alkyl halides is 3. The van der Waals surface area contributed by atoms with Crippen LogP contribution in [-0.4, -0.2) is 9.78 Å². The van der Waals surface area contributed by atoms with Crippen LogP contribution in [0.4, 0.5) is 13.2 Å². The van der Waals surface area contributed by atoms with Gasteiger partial charge in [0.25, 0.3) is 0 Å². The summed E-state index contributed by atoms with van der Waals surface area (Å²) in [6, 6.07) is 4.87. The van der Waals surface area contributed by atoms with E-state index in [2.05, 4.69) is 25.9 Å². The monoisotopic (exact) mass is 288 g/mol. The van der Waals surface area contributed by atoms with Gasteiger partial charge in [-0.05, 0) is 23.6 Å². The summed E-state index contributed by atoms with van der Waals surface area (Å²) in [5.41, 5.74) is -0.367. The summed E-state index contributed by atoms with van der Waals surface area (Å²) >= 11 is 1.48. The van der Waals surface area contributed by atoms with Crippen LogP contribution in [0.25, 0.3) is 10.6 Å². The minimum Gasteiger partial charge on any atom is -0.263 e. The van der Waals surface area contributed by atoms with Gasteiger partial charge in [-0.3, -0.25) is 4.68 Å². The highest BCUT2D eigenvalue weighted by atomic mass is 32.1. The molecule has 0 fully saturated rings. The minimum absolute atomic E-state index is 0.00937. The molecule has 6 heteroatoms. The van der Waals surface area contributed by atoms with Gasteiger partial charge in [0.15, 0.2) is 0 Å². The van der Waals surface area contributed by atoms with E-state index >= 15 is 0 Å². The summed E-state index contributed by atoms with van der Waals surface area (Å²) in [6.07, 6.45) is -4.37. The predicted molar refractivity (Wildman–Crippen MR) is 70.2 cm³/mol. The van der Waals surface area contributed by atoms with E-state index in [1.54, 1.807) is 0 Å². The molecule has 0 radical (unpaired) electrons. The van der Waals surface area contributed by atoms with Crippen molar-refractivity contribution in [2.75, 3.05) is 0 Å². The van der Waals surface area contributed by atoms with Crippen molar-refractivity contribution in [2.24, 2.45) is 7.05 Å². The number of aromatic nitrogens is 2. The van der Waals surface area contributed by atoms with Crippen molar-refractivity contribution in [1.82, 2.24) is 9.78 Å². The van der Waals surface area contributed by atoms with Crippen molar-refractivity contribution >= 4 is 11.3 Å². The summed E-state index contributed by atoms with van der Waals surface area (Å²) in [5.74, 6) is 0. The molecule has 2 rings (SSSR count). The Morgan fingerprint density at radius 3 is 2.21 bits per heavy atom. The van der Waals surface area contributed by atoms with E-state index in [4.69, 9.17) is 0 Å². The van der Waals surface area contributed by atoms with E-state index in [-0.39, 0.29) is 5.41 Å². The minimum atomic E-state index is -4.37. The first kappa shape index (κ1) is 14.1. The Kier molecular flexibility index (Phi) is 3.24. The first-order valence-electron chi connectivity index (χ1n) is 5.81. The second-order valence-corrected chi connectivity index (χ2v) is 6.53. The Balaban J connectivity index is 2.41. The van der Waals surface area contributed by atoms with Crippen LogP contribution in [0.5, 0.6) is 0 Å². The molecule has 2 aromatic heterocycles. The van der Waals surface area contributed by atoms with Gasteiger partial charge >= 0.3 is 6.18 Å². The lowest BCUT2D eigenvalue weighted by atomic mass is 9.95. The third kappa shape index (κ3) is 2.83. The van der Waals surface area contributed by atoms with Crippen molar-refractivity contribution in [3.05, 3.63) is 28.8 Å². The molecular formula is C13H15F3N2S. The Morgan fingerprint density at radius 2 is 1.79 bits per heavy atom. The number of hydrogen-bond acceptors (Lipinski definition) is 2. The third-order valence-corrected chi connectivity index (χ3v) is 4.30. The number of rotatable bonds is 1. The molecule has 0 aliphatic rings. The lowest BCUT2D eigenvalue weighted by Gasteiger charge is -2.15. The molecule has 19 heavy (non-hydrogen) atoms. The van der Waals surface area contributed by atoms with E-state index in [9.17, 15) is 13.2 Å². The highest BCUT2D eigenvalue weighted by Crippen LogP contribution is 2.37. The summed E-state index contributed by atoms with van der Waals surface area (Å²) in [7, 11) is 1.31. The summed E-state index contributed by atoms with van der Waals surface area (Å²) in [6.45, 7) is 6.21. The third-order valence-electron chi connectivity index (χ3n) is 2.77. The smallest absolute Gasteiger partial charge is 0.263 e. The van der Waals surface area contributed by atoms with Crippen molar-refractivity contribution in [1.29, 1.82) is 0 Å². The molecule has 0 aromatic carbocycles. The van der Waals surface area contributed by atoms with Crippen LogP contribution in [0.2, 0.25) is 0 Å². The lowest BCUT2D eigenvalue weighted by molar-refractivity contribution is -0.143. The van der Waals surface area contributed by atoms with Gasteiger partial charge in [-0.15, -0.1) is 11.3 Å². The van der Waals surface area contributed by atoms with Crippen LogP contribution < -0.4 is 0 Å². The zero-order chi connectivity index (χ0) is 14.4. The van der Waals surface area contributed by atoms with Crippen LogP contribution in [0.1, 0.15) is 31.3 Å². The molecule has 104 valence electrons. The molecular weight excluding hydrogens is 273 g/mol. The summed E-state index contributed by atoms with van der Waals surface area (Å²) in [4.78, 5) is 1.89. The number of thiophene rings is 1. The van der Waals surface area contributed by atoms with Crippen molar-refractivity contribution < 1.29 is 13.2 Å². The second kappa shape index (κ2) is 4.37. The highest BCUT2D eigenvalue weighted by Gasteiger charge is 2.35. The Morgan fingerprint density at radius 1 is 1.16 bits per heavy atom. The SMILES string of the molecule is Cn1nc(-c2ccc(C(C)(C)C)s2)cc1C(F)(F)F. The summed E-state index contributed by atoms with van der Waals surface area (Å²) < 4.78 is 39.0. The van der Waals surface area contributed by atoms with Gasteiger partial charge in [-0.25, -0.2) is 0 Å². The number of aryl methyl sites for hydroxylation is 1. The van der Waals surface area contributed by atoms with Crippen LogP contribution in [-0.2, 0) is 18.6 Å². The van der Waals surface area contributed by atoms with E-state index in [1.807, 2.05) is 12.1 Å². The maximum Gasteiger partial charge on any atom is 0.433 e. The lowest BCUT2D eigenvalue weighted by Crippen LogP contribution is -2.11. The molecule has 0 spiro atoms. The number of hydrogen-bond donors (Lipinski definition) is 0. The Bertz CT molecular complexity index is 588. The average molecular weight is 288 g/mol. The molecule has 2 heterocycles.